The van der Waals surface area contributed by atoms with E-state index in [4.69, 9.17) is 0 Å². The number of allylic oxidation sites excluding steroid dienone is 4. The Labute approximate surface area is 117 Å². The van der Waals surface area contributed by atoms with Gasteiger partial charge in [-0.3, -0.25) is 0 Å². The van der Waals surface area contributed by atoms with Crippen LogP contribution in [0.3, 0.4) is 0 Å². The minimum absolute atomic E-state index is 0.871. The van der Waals surface area contributed by atoms with Gasteiger partial charge in [0, 0.05) is 11.4 Å². The minimum atomic E-state index is 0.871. The molecule has 0 radical (unpaired) electrons. The molecule has 1 rings (SSSR count). The summed E-state index contributed by atoms with van der Waals surface area (Å²) in [6.07, 6.45) is 5.38. The maximum atomic E-state index is 4.07. The second-order valence-corrected chi connectivity index (χ2v) is 4.63. The third kappa shape index (κ3) is 5.01. The molecule has 0 saturated heterocycles. The van der Waals surface area contributed by atoms with E-state index >= 15 is 0 Å². The lowest BCUT2D eigenvalue weighted by Gasteiger charge is -2.13. The Balaban J connectivity index is 2.70. The number of nitrogens with one attached hydrogen (secondary N) is 1. The molecule has 1 heteroatoms. The van der Waals surface area contributed by atoms with Gasteiger partial charge in [0.2, 0.25) is 0 Å². The summed E-state index contributed by atoms with van der Waals surface area (Å²) in [4.78, 5) is 0. The predicted octanol–water partition coefficient (Wildman–Crippen LogP) is 5.06. The summed E-state index contributed by atoms with van der Waals surface area (Å²) in [6.45, 7) is 14.4. The van der Waals surface area contributed by atoms with Gasteiger partial charge >= 0.3 is 0 Å². The van der Waals surface area contributed by atoms with E-state index in [1.165, 1.54) is 5.57 Å². The van der Waals surface area contributed by atoms with Crippen molar-refractivity contribution >= 4 is 5.70 Å². The maximum absolute atomic E-state index is 4.07. The molecule has 0 aliphatic heterocycles. The van der Waals surface area contributed by atoms with Gasteiger partial charge in [-0.25, -0.2) is 0 Å². The Hall–Kier alpha value is -2.02. The van der Waals surface area contributed by atoms with E-state index in [0.29, 0.717) is 0 Å². The SMILES string of the molecule is C=C(NC(=C)c1ccccc1)/C(C)=C/C(C)=C\CC. The Bertz CT molecular complexity index is 504. The van der Waals surface area contributed by atoms with Gasteiger partial charge < -0.3 is 5.32 Å². The number of hydrogen-bond donors (Lipinski definition) is 1. The summed E-state index contributed by atoms with van der Waals surface area (Å²) in [5, 5.41) is 3.26. The molecule has 0 aliphatic rings. The maximum Gasteiger partial charge on any atom is 0.0384 e. The normalized spacial score (nSPS) is 12.2. The monoisotopic (exact) mass is 253 g/mol. The van der Waals surface area contributed by atoms with Crippen LogP contribution in [0.2, 0.25) is 0 Å². The molecule has 0 unspecified atom stereocenters. The van der Waals surface area contributed by atoms with Crippen molar-refractivity contribution in [1.82, 2.24) is 5.32 Å². The molecular formula is C18H23N. The quantitative estimate of drug-likeness (QED) is 0.698. The molecule has 0 aliphatic carbocycles. The van der Waals surface area contributed by atoms with Crippen LogP contribution in [0.1, 0.15) is 32.8 Å². The smallest absolute Gasteiger partial charge is 0.0384 e. The Morgan fingerprint density at radius 3 is 2.37 bits per heavy atom. The summed E-state index contributed by atoms with van der Waals surface area (Å²) in [5.74, 6) is 0. The van der Waals surface area contributed by atoms with Crippen LogP contribution in [0, 0.1) is 0 Å². The highest BCUT2D eigenvalue weighted by Crippen LogP contribution is 2.14. The minimum Gasteiger partial charge on any atom is -0.356 e. The van der Waals surface area contributed by atoms with Crippen molar-refractivity contribution in [1.29, 1.82) is 0 Å². The molecule has 0 spiro atoms. The molecular weight excluding hydrogens is 230 g/mol. The summed E-state index contributed by atoms with van der Waals surface area (Å²) in [6, 6.07) is 10.1. The van der Waals surface area contributed by atoms with Gasteiger partial charge in [0.15, 0.2) is 0 Å². The van der Waals surface area contributed by atoms with Gasteiger partial charge in [-0.15, -0.1) is 0 Å². The van der Waals surface area contributed by atoms with Gasteiger partial charge in [-0.05, 0) is 31.4 Å². The fraction of sp³-hybridized carbons (Fsp3) is 0.222. The van der Waals surface area contributed by atoms with Crippen molar-refractivity contribution in [3.8, 4) is 0 Å². The number of hydrogen-bond acceptors (Lipinski definition) is 1. The van der Waals surface area contributed by atoms with E-state index in [1.54, 1.807) is 0 Å². The van der Waals surface area contributed by atoms with E-state index < -0.39 is 0 Å². The van der Waals surface area contributed by atoms with Crippen LogP contribution in [0.15, 0.2) is 72.5 Å². The van der Waals surface area contributed by atoms with Gasteiger partial charge in [-0.2, -0.15) is 0 Å². The van der Waals surface area contributed by atoms with Crippen molar-refractivity contribution < 1.29 is 0 Å². The standard InChI is InChI=1S/C18H23N/c1-6-10-14(2)13-15(3)16(4)19-17(5)18-11-8-7-9-12-18/h7-13,19H,4-6H2,1-3H3/b14-10-,15-13+. The zero-order chi connectivity index (χ0) is 14.3. The average Bonchev–Trinajstić information content (AvgIpc) is 2.39. The van der Waals surface area contributed by atoms with Crippen LogP contribution in [0.4, 0.5) is 0 Å². The molecule has 100 valence electrons. The first-order valence-corrected chi connectivity index (χ1v) is 6.60. The number of rotatable bonds is 6. The van der Waals surface area contributed by atoms with Crippen molar-refractivity contribution in [3.05, 3.63) is 78.0 Å². The Morgan fingerprint density at radius 1 is 1.16 bits per heavy atom. The highest BCUT2D eigenvalue weighted by atomic mass is 14.9. The average molecular weight is 253 g/mol. The predicted molar refractivity (Wildman–Crippen MR) is 85.6 cm³/mol. The molecule has 0 bridgehead atoms. The van der Waals surface area contributed by atoms with E-state index in [-0.39, 0.29) is 0 Å². The van der Waals surface area contributed by atoms with Crippen molar-refractivity contribution in [2.24, 2.45) is 0 Å². The van der Waals surface area contributed by atoms with E-state index in [2.05, 4.69) is 51.4 Å². The molecule has 1 N–H and O–H groups in total. The van der Waals surface area contributed by atoms with Gasteiger partial charge in [0.1, 0.15) is 0 Å². The lowest BCUT2D eigenvalue weighted by Crippen LogP contribution is -2.10. The lowest BCUT2D eigenvalue weighted by molar-refractivity contribution is 1.09. The molecule has 0 saturated carbocycles. The summed E-state index contributed by atoms with van der Waals surface area (Å²) >= 11 is 0. The summed E-state index contributed by atoms with van der Waals surface area (Å²) < 4.78 is 0. The Morgan fingerprint density at radius 2 is 1.79 bits per heavy atom. The van der Waals surface area contributed by atoms with Crippen LogP contribution in [-0.2, 0) is 0 Å². The molecule has 1 nitrogen and oxygen atoms in total. The van der Waals surface area contributed by atoms with Crippen LogP contribution in [0.5, 0.6) is 0 Å². The molecule has 0 amide bonds. The van der Waals surface area contributed by atoms with Crippen LogP contribution < -0.4 is 5.32 Å². The van der Waals surface area contributed by atoms with Crippen LogP contribution in [0.25, 0.3) is 5.70 Å². The second kappa shape index (κ2) is 7.42. The second-order valence-electron chi connectivity index (χ2n) is 4.63. The zero-order valence-electron chi connectivity index (χ0n) is 12.2. The molecule has 0 atom stereocenters. The highest BCUT2D eigenvalue weighted by Gasteiger charge is 2.01. The van der Waals surface area contributed by atoms with E-state index in [1.807, 2.05) is 30.3 Å². The lowest BCUT2D eigenvalue weighted by atomic mass is 10.1. The van der Waals surface area contributed by atoms with E-state index in [9.17, 15) is 0 Å². The molecule has 19 heavy (non-hydrogen) atoms. The van der Waals surface area contributed by atoms with Crippen molar-refractivity contribution in [2.45, 2.75) is 27.2 Å². The van der Waals surface area contributed by atoms with E-state index in [0.717, 1.165) is 29.0 Å². The molecule has 1 aromatic carbocycles. The topological polar surface area (TPSA) is 12.0 Å². The van der Waals surface area contributed by atoms with Crippen LogP contribution >= 0.6 is 0 Å². The van der Waals surface area contributed by atoms with Gasteiger partial charge in [-0.1, -0.05) is 68.1 Å². The largest absolute Gasteiger partial charge is 0.356 e. The molecule has 0 fully saturated rings. The fourth-order valence-corrected chi connectivity index (χ4v) is 1.80. The zero-order valence-corrected chi connectivity index (χ0v) is 12.2. The Kier molecular flexibility index (Phi) is 5.87. The summed E-state index contributed by atoms with van der Waals surface area (Å²) in [5.41, 5.74) is 5.22. The van der Waals surface area contributed by atoms with Crippen molar-refractivity contribution in [3.63, 3.8) is 0 Å². The van der Waals surface area contributed by atoms with Gasteiger partial charge in [0.25, 0.3) is 0 Å². The summed E-state index contributed by atoms with van der Waals surface area (Å²) in [7, 11) is 0. The number of benzene rings is 1. The fourth-order valence-electron chi connectivity index (χ4n) is 1.80. The first kappa shape index (κ1) is 15.0. The molecule has 1 aromatic rings. The molecule has 0 aromatic heterocycles. The van der Waals surface area contributed by atoms with Gasteiger partial charge in [0.05, 0.1) is 0 Å². The first-order valence-electron chi connectivity index (χ1n) is 6.60. The first-order chi connectivity index (χ1) is 9.04. The molecule has 0 heterocycles. The third-order valence-electron chi connectivity index (χ3n) is 2.87. The van der Waals surface area contributed by atoms with Crippen molar-refractivity contribution in [2.75, 3.05) is 0 Å². The van der Waals surface area contributed by atoms with Crippen LogP contribution in [-0.4, -0.2) is 0 Å². The third-order valence-corrected chi connectivity index (χ3v) is 2.87. The highest BCUT2D eigenvalue weighted by molar-refractivity contribution is 5.64.